The van der Waals surface area contributed by atoms with Crippen molar-refractivity contribution in [2.75, 3.05) is 25.6 Å². The van der Waals surface area contributed by atoms with Gasteiger partial charge < -0.3 is 9.64 Å². The lowest BCUT2D eigenvalue weighted by Gasteiger charge is -2.21. The van der Waals surface area contributed by atoms with Crippen molar-refractivity contribution in [3.05, 3.63) is 82.4 Å². The Balaban J connectivity index is 1.58. The number of carbonyl (C=O) groups excluding carboxylic acids is 1. The van der Waals surface area contributed by atoms with Crippen LogP contribution in [0.5, 0.6) is 5.75 Å². The molecule has 0 spiro atoms. The lowest BCUT2D eigenvalue weighted by Crippen LogP contribution is -2.26. The second kappa shape index (κ2) is 12.0. The Morgan fingerprint density at radius 2 is 1.97 bits per heavy atom. The third kappa shape index (κ3) is 6.58. The molecule has 2 aromatic heterocycles. The maximum Gasteiger partial charge on any atom is 0.433 e. The fraction of sp³-hybridized carbons (Fsp3) is 0.231. The summed E-state index contributed by atoms with van der Waals surface area (Å²) < 4.78 is 45.6. The predicted octanol–water partition coefficient (Wildman–Crippen LogP) is 5.27. The third-order valence-corrected chi connectivity index (χ3v) is 6.05. The second-order valence-corrected chi connectivity index (χ2v) is 8.76. The highest BCUT2D eigenvalue weighted by atomic mass is 35.5. The lowest BCUT2D eigenvalue weighted by atomic mass is 9.99. The fourth-order valence-electron chi connectivity index (χ4n) is 3.82. The molecule has 4 rings (SSSR count). The molecule has 1 amide bonds. The summed E-state index contributed by atoms with van der Waals surface area (Å²) in [6.07, 6.45) is -1.05. The number of ether oxygens (including phenoxy) is 1. The first-order chi connectivity index (χ1) is 18.7. The number of aromatic nitrogens is 5. The van der Waals surface area contributed by atoms with Gasteiger partial charge in [0, 0.05) is 60.2 Å². The molecule has 4 aromatic rings. The largest absolute Gasteiger partial charge is 0.491 e. The van der Waals surface area contributed by atoms with Crippen molar-refractivity contribution in [3.63, 3.8) is 0 Å². The normalized spacial score (nSPS) is 11.6. The van der Waals surface area contributed by atoms with Gasteiger partial charge in [-0.15, -0.1) is 10.2 Å². The van der Waals surface area contributed by atoms with E-state index >= 15 is 0 Å². The number of aromatic amines is 1. The summed E-state index contributed by atoms with van der Waals surface area (Å²) >= 11 is 6.41. The molecule has 9 nitrogen and oxygen atoms in total. The summed E-state index contributed by atoms with van der Waals surface area (Å²) in [4.78, 5) is 22.3. The molecule has 39 heavy (non-hydrogen) atoms. The van der Waals surface area contributed by atoms with Crippen molar-refractivity contribution in [2.24, 2.45) is 4.99 Å². The Labute approximate surface area is 226 Å². The Morgan fingerprint density at radius 3 is 2.69 bits per heavy atom. The summed E-state index contributed by atoms with van der Waals surface area (Å²) in [6.45, 7) is 0.362. The van der Waals surface area contributed by atoms with E-state index in [1.807, 2.05) is 0 Å². The number of alkyl halides is 3. The van der Waals surface area contributed by atoms with Gasteiger partial charge in [0.25, 0.3) is 5.91 Å². The number of nitrogens with one attached hydrogen (secondary N) is 1. The van der Waals surface area contributed by atoms with Crippen LogP contribution in [-0.4, -0.2) is 58.4 Å². The first-order valence-corrected chi connectivity index (χ1v) is 12.1. The van der Waals surface area contributed by atoms with Gasteiger partial charge in [-0.05, 0) is 42.8 Å². The van der Waals surface area contributed by atoms with Gasteiger partial charge in [-0.2, -0.15) is 18.4 Å². The molecule has 2 aromatic carbocycles. The quantitative estimate of drug-likeness (QED) is 0.222. The molecule has 0 aliphatic heterocycles. The summed E-state index contributed by atoms with van der Waals surface area (Å²) in [7, 11) is 3.05. The van der Waals surface area contributed by atoms with Gasteiger partial charge >= 0.3 is 6.18 Å². The molecule has 0 aliphatic rings. The van der Waals surface area contributed by atoms with E-state index in [1.54, 1.807) is 37.4 Å². The Hall–Kier alpha value is -4.32. The smallest absolute Gasteiger partial charge is 0.433 e. The minimum Gasteiger partial charge on any atom is -0.491 e. The van der Waals surface area contributed by atoms with E-state index in [1.165, 1.54) is 30.3 Å². The van der Waals surface area contributed by atoms with Crippen molar-refractivity contribution < 1.29 is 22.7 Å². The van der Waals surface area contributed by atoms with Crippen molar-refractivity contribution in [1.29, 1.82) is 0 Å². The van der Waals surface area contributed by atoms with Crippen molar-refractivity contribution in [2.45, 2.75) is 19.0 Å². The third-order valence-electron chi connectivity index (χ3n) is 5.72. The summed E-state index contributed by atoms with van der Waals surface area (Å²) in [5, 5.41) is 14.0. The van der Waals surface area contributed by atoms with Crippen LogP contribution in [0.15, 0.2) is 59.7 Å². The first-order valence-electron chi connectivity index (χ1n) is 11.7. The van der Waals surface area contributed by atoms with E-state index in [2.05, 4.69) is 30.6 Å². The van der Waals surface area contributed by atoms with Crippen molar-refractivity contribution in [3.8, 4) is 16.9 Å². The topological polar surface area (TPSA) is 109 Å². The zero-order valence-electron chi connectivity index (χ0n) is 20.9. The van der Waals surface area contributed by atoms with Gasteiger partial charge in [0.2, 0.25) is 0 Å². The highest BCUT2D eigenvalue weighted by Gasteiger charge is 2.33. The molecule has 0 saturated heterocycles. The number of H-pyrrole nitrogens is 1. The number of anilines is 1. The average molecular weight is 558 g/mol. The number of benzene rings is 2. The van der Waals surface area contributed by atoms with Crippen LogP contribution in [0.3, 0.4) is 0 Å². The number of hydrogen-bond acceptors (Lipinski definition) is 7. The number of amides is 1. The highest BCUT2D eigenvalue weighted by molar-refractivity contribution is 6.33. The molecule has 0 bridgehead atoms. The lowest BCUT2D eigenvalue weighted by molar-refractivity contribution is -0.141. The molecular formula is C26H23ClF3N7O2. The molecule has 1 N–H and O–H groups in total. The number of carbonyl (C=O) groups is 1. The predicted molar refractivity (Wildman–Crippen MR) is 140 cm³/mol. The zero-order chi connectivity index (χ0) is 28.0. The SMILES string of the molecule is CN=Cc1cc(C(F)(F)F)ncc1-c1cc(C(=O)N(C)c2ccccc2OCCCc2nn[nH]n2)ccc1Cl. The van der Waals surface area contributed by atoms with E-state index in [9.17, 15) is 18.0 Å². The number of aryl methyl sites for hydroxylation is 1. The van der Waals surface area contributed by atoms with Gasteiger partial charge in [0.1, 0.15) is 11.4 Å². The van der Waals surface area contributed by atoms with Crippen LogP contribution in [0.1, 0.15) is 33.9 Å². The minimum atomic E-state index is -4.62. The number of tetrazole rings is 1. The Kier molecular flexibility index (Phi) is 8.55. The van der Waals surface area contributed by atoms with Crippen LogP contribution in [0.2, 0.25) is 5.02 Å². The van der Waals surface area contributed by atoms with Gasteiger partial charge in [0.15, 0.2) is 5.82 Å². The number of rotatable bonds is 9. The Bertz CT molecular complexity index is 1480. The molecule has 0 unspecified atom stereocenters. The minimum absolute atomic E-state index is 0.166. The van der Waals surface area contributed by atoms with Crippen molar-refractivity contribution in [1.82, 2.24) is 25.6 Å². The van der Waals surface area contributed by atoms with Crippen molar-refractivity contribution >= 4 is 29.4 Å². The number of nitrogens with zero attached hydrogens (tertiary/aromatic N) is 6. The van der Waals surface area contributed by atoms with E-state index < -0.39 is 11.9 Å². The van der Waals surface area contributed by atoms with Gasteiger partial charge in [-0.3, -0.25) is 14.8 Å². The maximum absolute atomic E-state index is 13.5. The van der Waals surface area contributed by atoms with Crippen LogP contribution in [0.25, 0.3) is 11.1 Å². The van der Waals surface area contributed by atoms with Crippen LogP contribution >= 0.6 is 11.6 Å². The highest BCUT2D eigenvalue weighted by Crippen LogP contribution is 2.35. The maximum atomic E-state index is 13.5. The molecule has 202 valence electrons. The molecule has 0 aliphatic carbocycles. The zero-order valence-corrected chi connectivity index (χ0v) is 21.7. The standard InChI is InChI=1S/C26H23ClF3N7O2/c1-31-14-17-13-23(26(28,29)30)32-15-19(17)18-12-16(9-10-20(18)27)25(38)37(2)21-6-3-4-7-22(21)39-11-5-8-24-33-35-36-34-24/h3-4,6-7,9-10,12-15H,5,8,11H2,1-2H3,(H,33,34,35,36). The number of halogens is 4. The Morgan fingerprint density at radius 1 is 1.18 bits per heavy atom. The fourth-order valence-corrected chi connectivity index (χ4v) is 4.04. The van der Waals surface area contributed by atoms with E-state index in [-0.39, 0.29) is 22.1 Å². The molecule has 0 fully saturated rings. The molecular weight excluding hydrogens is 535 g/mol. The van der Waals surface area contributed by atoms with E-state index in [4.69, 9.17) is 16.3 Å². The van der Waals surface area contributed by atoms with E-state index in [0.29, 0.717) is 47.8 Å². The van der Waals surface area contributed by atoms with Gasteiger partial charge in [-0.25, -0.2) is 0 Å². The number of aliphatic imine (C=N–C) groups is 1. The molecule has 0 radical (unpaired) electrons. The van der Waals surface area contributed by atoms with E-state index in [0.717, 1.165) is 12.3 Å². The summed E-state index contributed by atoms with van der Waals surface area (Å²) in [5.41, 5.74) is 0.563. The summed E-state index contributed by atoms with van der Waals surface area (Å²) in [5.74, 6) is 0.708. The molecule has 0 atom stereocenters. The molecule has 0 saturated carbocycles. The number of hydrogen-bond donors (Lipinski definition) is 1. The first kappa shape index (κ1) is 27.7. The molecule has 2 heterocycles. The van der Waals surface area contributed by atoms with Gasteiger partial charge in [-0.1, -0.05) is 28.9 Å². The van der Waals surface area contributed by atoms with Gasteiger partial charge in [0.05, 0.1) is 12.3 Å². The second-order valence-electron chi connectivity index (χ2n) is 8.35. The summed E-state index contributed by atoms with van der Waals surface area (Å²) in [6, 6.07) is 12.6. The average Bonchev–Trinajstić information content (AvgIpc) is 3.44. The number of pyridine rings is 1. The monoisotopic (exact) mass is 557 g/mol. The number of para-hydroxylation sites is 2. The van der Waals surface area contributed by atoms with Crippen LogP contribution in [0.4, 0.5) is 18.9 Å². The van der Waals surface area contributed by atoms with Crippen LogP contribution in [0, 0.1) is 0 Å². The van der Waals surface area contributed by atoms with Crippen LogP contribution in [-0.2, 0) is 12.6 Å². The van der Waals surface area contributed by atoms with Crippen LogP contribution < -0.4 is 9.64 Å². The molecule has 13 heteroatoms.